The van der Waals surface area contributed by atoms with Crippen molar-refractivity contribution in [3.63, 3.8) is 0 Å². The summed E-state index contributed by atoms with van der Waals surface area (Å²) < 4.78 is 5.28. The fourth-order valence-corrected chi connectivity index (χ4v) is 2.61. The number of nitrogens with zero attached hydrogens (tertiary/aromatic N) is 2. The first-order valence-electron chi connectivity index (χ1n) is 6.81. The summed E-state index contributed by atoms with van der Waals surface area (Å²) in [4.78, 5) is 23.6. The Hall–Kier alpha value is -1.99. The van der Waals surface area contributed by atoms with E-state index in [2.05, 4.69) is 0 Å². The largest absolute Gasteiger partial charge is 0.481 e. The highest BCUT2D eigenvalue weighted by Gasteiger charge is 2.37. The summed E-state index contributed by atoms with van der Waals surface area (Å²) in [7, 11) is 0. The first kappa shape index (κ1) is 15.4. The summed E-state index contributed by atoms with van der Waals surface area (Å²) in [6.07, 6.45) is 0. The van der Waals surface area contributed by atoms with Gasteiger partial charge in [0.05, 0.1) is 24.1 Å². The van der Waals surface area contributed by atoms with E-state index in [1.807, 2.05) is 11.8 Å². The van der Waals surface area contributed by atoms with Crippen molar-refractivity contribution in [1.82, 2.24) is 4.90 Å². The third-order valence-corrected chi connectivity index (χ3v) is 3.75. The van der Waals surface area contributed by atoms with Gasteiger partial charge in [-0.3, -0.25) is 19.8 Å². The van der Waals surface area contributed by atoms with Gasteiger partial charge < -0.3 is 9.84 Å². The molecule has 0 radical (unpaired) electrons. The van der Waals surface area contributed by atoms with Crippen molar-refractivity contribution in [3.8, 4) is 0 Å². The number of carboxylic acids is 1. The maximum absolute atomic E-state index is 11.2. The minimum Gasteiger partial charge on any atom is -0.481 e. The molecule has 0 aliphatic carbocycles. The van der Waals surface area contributed by atoms with Gasteiger partial charge in [0.1, 0.15) is 0 Å². The number of nitro groups is 1. The van der Waals surface area contributed by atoms with Gasteiger partial charge in [0, 0.05) is 24.7 Å². The molecule has 1 N–H and O–H groups in total. The second-order valence-corrected chi connectivity index (χ2v) is 5.04. The lowest BCUT2D eigenvalue weighted by Crippen LogP contribution is -2.42. The molecule has 2 rings (SSSR count). The second-order valence-electron chi connectivity index (χ2n) is 5.04. The van der Waals surface area contributed by atoms with Crippen molar-refractivity contribution in [2.24, 2.45) is 5.92 Å². The van der Waals surface area contributed by atoms with Crippen molar-refractivity contribution < 1.29 is 19.6 Å². The third kappa shape index (κ3) is 3.56. The number of carbonyl (C=O) groups is 1. The van der Waals surface area contributed by atoms with Gasteiger partial charge in [0.15, 0.2) is 0 Å². The zero-order chi connectivity index (χ0) is 15.4. The number of aliphatic carboxylic acids is 1. The molecule has 0 saturated carbocycles. The lowest BCUT2D eigenvalue weighted by Gasteiger charge is -2.29. The molecular weight excluding hydrogens is 276 g/mol. The molecule has 1 saturated heterocycles. The van der Waals surface area contributed by atoms with Crippen LogP contribution in [0.1, 0.15) is 12.5 Å². The number of non-ortho nitro benzene ring substituents is 1. The molecule has 1 aromatic rings. The summed E-state index contributed by atoms with van der Waals surface area (Å²) in [5.74, 6) is -1.42. The van der Waals surface area contributed by atoms with Crippen molar-refractivity contribution in [2.45, 2.75) is 19.5 Å². The molecule has 0 spiro atoms. The number of rotatable bonds is 6. The summed E-state index contributed by atoms with van der Waals surface area (Å²) in [5.41, 5.74) is 0.836. The van der Waals surface area contributed by atoms with E-state index in [1.165, 1.54) is 12.1 Å². The van der Waals surface area contributed by atoms with Crippen LogP contribution in [-0.2, 0) is 16.1 Å². The number of hydrogen-bond donors (Lipinski definition) is 1. The first-order chi connectivity index (χ1) is 10.0. The zero-order valence-electron chi connectivity index (χ0n) is 11.8. The van der Waals surface area contributed by atoms with E-state index < -0.39 is 16.8 Å². The van der Waals surface area contributed by atoms with Crippen LogP contribution in [-0.4, -0.2) is 46.7 Å². The van der Waals surface area contributed by atoms with E-state index in [4.69, 9.17) is 4.74 Å². The molecule has 21 heavy (non-hydrogen) atoms. The Balaban J connectivity index is 2.13. The molecule has 2 atom stereocenters. The van der Waals surface area contributed by atoms with Crippen LogP contribution >= 0.6 is 0 Å². The van der Waals surface area contributed by atoms with Crippen LogP contribution < -0.4 is 0 Å². The normalized spacial score (nSPS) is 21.6. The number of benzene rings is 1. The molecule has 1 aliphatic rings. The van der Waals surface area contributed by atoms with Crippen LogP contribution in [0.15, 0.2) is 24.3 Å². The summed E-state index contributed by atoms with van der Waals surface area (Å²) in [6.45, 7) is 3.65. The molecule has 1 aromatic carbocycles. The Morgan fingerprint density at radius 3 is 2.90 bits per heavy atom. The molecule has 1 fully saturated rings. The molecule has 2 unspecified atom stereocenters. The van der Waals surface area contributed by atoms with Gasteiger partial charge in [0.25, 0.3) is 5.69 Å². The lowest BCUT2D eigenvalue weighted by molar-refractivity contribution is -0.384. The Morgan fingerprint density at radius 1 is 1.52 bits per heavy atom. The average Bonchev–Trinajstić information content (AvgIpc) is 2.94. The highest BCUT2D eigenvalue weighted by Crippen LogP contribution is 2.23. The van der Waals surface area contributed by atoms with Crippen LogP contribution in [0.25, 0.3) is 0 Å². The fraction of sp³-hybridized carbons (Fsp3) is 0.500. The van der Waals surface area contributed by atoms with Crippen LogP contribution in [0.5, 0.6) is 0 Å². The number of carboxylic acid groups (broad SMARTS) is 1. The van der Waals surface area contributed by atoms with Gasteiger partial charge in [-0.05, 0) is 12.1 Å². The van der Waals surface area contributed by atoms with Crippen LogP contribution in [0.4, 0.5) is 5.69 Å². The molecule has 0 bridgehead atoms. The molecular formula is C14H18N2O5. The van der Waals surface area contributed by atoms with E-state index in [0.29, 0.717) is 19.7 Å². The van der Waals surface area contributed by atoms with Gasteiger partial charge in [-0.25, -0.2) is 0 Å². The molecule has 1 aliphatic heterocycles. The zero-order valence-corrected chi connectivity index (χ0v) is 11.8. The summed E-state index contributed by atoms with van der Waals surface area (Å²) in [6, 6.07) is 6.21. The maximum Gasteiger partial charge on any atom is 0.310 e. The van der Waals surface area contributed by atoms with Gasteiger partial charge in [-0.2, -0.15) is 0 Å². The highest BCUT2D eigenvalue weighted by molar-refractivity contribution is 5.71. The maximum atomic E-state index is 11.2. The minimum atomic E-state index is -0.866. The number of likely N-dealkylation sites (N-methyl/N-ethyl adjacent to an activating group) is 1. The SMILES string of the molecule is CCN(Cc1cccc([N+](=O)[O-])c1)C1COCC1C(=O)O. The Morgan fingerprint density at radius 2 is 2.29 bits per heavy atom. The summed E-state index contributed by atoms with van der Waals surface area (Å²) >= 11 is 0. The Bertz CT molecular complexity index is 534. The Kier molecular flexibility index (Phi) is 4.87. The predicted octanol–water partition coefficient (Wildman–Crippen LogP) is 1.52. The smallest absolute Gasteiger partial charge is 0.310 e. The van der Waals surface area contributed by atoms with Gasteiger partial charge >= 0.3 is 5.97 Å². The number of ether oxygens (including phenoxy) is 1. The van der Waals surface area contributed by atoms with E-state index in [1.54, 1.807) is 12.1 Å². The number of nitro benzene ring substituents is 1. The highest BCUT2D eigenvalue weighted by atomic mass is 16.6. The summed E-state index contributed by atoms with van der Waals surface area (Å²) in [5, 5.41) is 20.0. The minimum absolute atomic E-state index is 0.0426. The van der Waals surface area contributed by atoms with Crippen molar-refractivity contribution >= 4 is 11.7 Å². The van der Waals surface area contributed by atoms with Gasteiger partial charge in [-0.15, -0.1) is 0 Å². The quantitative estimate of drug-likeness (QED) is 0.631. The van der Waals surface area contributed by atoms with E-state index in [9.17, 15) is 20.0 Å². The van der Waals surface area contributed by atoms with Gasteiger partial charge in [0.2, 0.25) is 0 Å². The third-order valence-electron chi connectivity index (χ3n) is 3.75. The van der Waals surface area contributed by atoms with Crippen molar-refractivity contribution in [3.05, 3.63) is 39.9 Å². The van der Waals surface area contributed by atoms with Gasteiger partial charge in [-0.1, -0.05) is 19.1 Å². The molecule has 1 heterocycles. The van der Waals surface area contributed by atoms with E-state index in [0.717, 1.165) is 5.56 Å². The first-order valence-corrected chi connectivity index (χ1v) is 6.81. The van der Waals surface area contributed by atoms with Crippen LogP contribution in [0.2, 0.25) is 0 Å². The topological polar surface area (TPSA) is 92.9 Å². The fourth-order valence-electron chi connectivity index (χ4n) is 2.61. The molecule has 0 amide bonds. The molecule has 7 nitrogen and oxygen atoms in total. The predicted molar refractivity (Wildman–Crippen MR) is 74.9 cm³/mol. The van der Waals surface area contributed by atoms with E-state index >= 15 is 0 Å². The average molecular weight is 294 g/mol. The van der Waals surface area contributed by atoms with Crippen molar-refractivity contribution in [1.29, 1.82) is 0 Å². The van der Waals surface area contributed by atoms with Crippen molar-refractivity contribution in [2.75, 3.05) is 19.8 Å². The Labute approximate surface area is 122 Å². The number of hydrogen-bond acceptors (Lipinski definition) is 5. The van der Waals surface area contributed by atoms with Crippen LogP contribution in [0.3, 0.4) is 0 Å². The molecule has 7 heteroatoms. The lowest BCUT2D eigenvalue weighted by atomic mass is 10.0. The molecule has 114 valence electrons. The monoisotopic (exact) mass is 294 g/mol. The molecule has 0 aromatic heterocycles. The second kappa shape index (κ2) is 6.64. The van der Waals surface area contributed by atoms with E-state index in [-0.39, 0.29) is 18.3 Å². The van der Waals surface area contributed by atoms with Crippen LogP contribution in [0, 0.1) is 16.0 Å². The standard InChI is InChI=1S/C14H18N2O5/c1-2-15(13-9-21-8-12(13)14(17)18)7-10-4-3-5-11(6-10)16(19)20/h3-6,12-13H,2,7-9H2,1H3,(H,17,18).